The molecule has 0 atom stereocenters. The average Bonchev–Trinajstić information content (AvgIpc) is 2.73. The maximum absolute atomic E-state index is 12.9. The van der Waals surface area contributed by atoms with Crippen LogP contribution in [0.25, 0.3) is 0 Å². The topological polar surface area (TPSA) is 86.7 Å². The zero-order valence-electron chi connectivity index (χ0n) is 15.9. The van der Waals surface area contributed by atoms with Crippen molar-refractivity contribution in [3.63, 3.8) is 0 Å². The van der Waals surface area contributed by atoms with E-state index in [-0.39, 0.29) is 35.5 Å². The SMILES string of the molecule is O=C(O)c1cccc(CC(=O)N2CCC(C(=O)NCc3ccc(F)cc3)CC2)c1. The predicted octanol–water partition coefficient (Wildman–Crippen LogP) is 2.62. The molecule has 152 valence electrons. The van der Waals surface area contributed by atoms with E-state index in [1.807, 2.05) is 0 Å². The minimum atomic E-state index is -1.02. The second-order valence-corrected chi connectivity index (χ2v) is 7.18. The van der Waals surface area contributed by atoms with Crippen molar-refractivity contribution in [2.45, 2.75) is 25.8 Å². The number of benzene rings is 2. The molecule has 2 aromatic carbocycles. The Morgan fingerprint density at radius 2 is 1.72 bits per heavy atom. The maximum atomic E-state index is 12.9. The van der Waals surface area contributed by atoms with Gasteiger partial charge in [-0.15, -0.1) is 0 Å². The van der Waals surface area contributed by atoms with Gasteiger partial charge in [0.05, 0.1) is 12.0 Å². The number of likely N-dealkylation sites (tertiary alicyclic amines) is 1. The lowest BCUT2D eigenvalue weighted by Crippen LogP contribution is -2.43. The van der Waals surface area contributed by atoms with E-state index in [1.165, 1.54) is 24.3 Å². The number of halogens is 1. The molecule has 0 unspecified atom stereocenters. The van der Waals surface area contributed by atoms with Crippen molar-refractivity contribution in [3.05, 3.63) is 71.0 Å². The molecule has 0 aliphatic carbocycles. The molecule has 29 heavy (non-hydrogen) atoms. The number of carbonyl (C=O) groups excluding carboxylic acids is 2. The molecule has 2 amide bonds. The van der Waals surface area contributed by atoms with Crippen LogP contribution in [-0.4, -0.2) is 40.9 Å². The van der Waals surface area contributed by atoms with Crippen LogP contribution in [-0.2, 0) is 22.6 Å². The van der Waals surface area contributed by atoms with Crippen molar-refractivity contribution in [1.29, 1.82) is 0 Å². The molecule has 1 aliphatic heterocycles. The fourth-order valence-corrected chi connectivity index (χ4v) is 3.43. The molecule has 1 heterocycles. The van der Waals surface area contributed by atoms with Crippen molar-refractivity contribution < 1.29 is 23.9 Å². The van der Waals surface area contributed by atoms with Crippen molar-refractivity contribution in [1.82, 2.24) is 10.2 Å². The summed E-state index contributed by atoms with van der Waals surface area (Å²) in [5.74, 6) is -1.62. The van der Waals surface area contributed by atoms with E-state index < -0.39 is 5.97 Å². The molecule has 0 aromatic heterocycles. The second kappa shape index (κ2) is 9.32. The molecular formula is C22H23FN2O4. The number of carbonyl (C=O) groups is 3. The summed E-state index contributed by atoms with van der Waals surface area (Å²) in [4.78, 5) is 37.6. The highest BCUT2D eigenvalue weighted by atomic mass is 19.1. The van der Waals surface area contributed by atoms with Crippen molar-refractivity contribution in [3.8, 4) is 0 Å². The molecular weight excluding hydrogens is 375 g/mol. The molecule has 7 heteroatoms. The van der Waals surface area contributed by atoms with E-state index in [2.05, 4.69) is 5.32 Å². The Labute approximate surface area is 168 Å². The lowest BCUT2D eigenvalue weighted by Gasteiger charge is -2.31. The summed E-state index contributed by atoms with van der Waals surface area (Å²) in [7, 11) is 0. The van der Waals surface area contributed by atoms with Gasteiger partial charge >= 0.3 is 5.97 Å². The quantitative estimate of drug-likeness (QED) is 0.783. The van der Waals surface area contributed by atoms with E-state index in [4.69, 9.17) is 5.11 Å². The maximum Gasteiger partial charge on any atom is 0.335 e. The van der Waals surface area contributed by atoms with E-state index in [0.29, 0.717) is 38.0 Å². The highest BCUT2D eigenvalue weighted by Crippen LogP contribution is 2.19. The third kappa shape index (κ3) is 5.63. The summed E-state index contributed by atoms with van der Waals surface area (Å²) in [5, 5.41) is 11.9. The Bertz CT molecular complexity index is 890. The van der Waals surface area contributed by atoms with Gasteiger partial charge < -0.3 is 15.3 Å². The van der Waals surface area contributed by atoms with Crippen LogP contribution in [0.3, 0.4) is 0 Å². The van der Waals surface area contributed by atoms with Gasteiger partial charge in [-0.1, -0.05) is 24.3 Å². The summed E-state index contributed by atoms with van der Waals surface area (Å²) in [6.45, 7) is 1.33. The molecule has 6 nitrogen and oxygen atoms in total. The number of carboxylic acid groups (broad SMARTS) is 1. The highest BCUT2D eigenvalue weighted by Gasteiger charge is 2.27. The molecule has 0 saturated carbocycles. The summed E-state index contributed by atoms with van der Waals surface area (Å²) in [6.07, 6.45) is 1.30. The van der Waals surface area contributed by atoms with Crippen LogP contribution in [0, 0.1) is 11.7 Å². The summed E-state index contributed by atoms with van der Waals surface area (Å²) in [5.41, 5.74) is 1.65. The first-order valence-corrected chi connectivity index (χ1v) is 9.54. The molecule has 2 aromatic rings. The number of nitrogens with one attached hydrogen (secondary N) is 1. The van der Waals surface area contributed by atoms with Gasteiger partial charge in [0.25, 0.3) is 0 Å². The molecule has 0 bridgehead atoms. The number of hydrogen-bond acceptors (Lipinski definition) is 3. The van der Waals surface area contributed by atoms with Gasteiger partial charge in [0.2, 0.25) is 11.8 Å². The number of amides is 2. The molecule has 0 spiro atoms. The third-order valence-electron chi connectivity index (χ3n) is 5.13. The van der Waals surface area contributed by atoms with Gasteiger partial charge in [-0.2, -0.15) is 0 Å². The Morgan fingerprint density at radius 3 is 2.38 bits per heavy atom. The monoisotopic (exact) mass is 398 g/mol. The minimum Gasteiger partial charge on any atom is -0.478 e. The Morgan fingerprint density at radius 1 is 1.03 bits per heavy atom. The average molecular weight is 398 g/mol. The van der Waals surface area contributed by atoms with Gasteiger partial charge in [-0.3, -0.25) is 9.59 Å². The molecule has 0 radical (unpaired) electrons. The second-order valence-electron chi connectivity index (χ2n) is 7.18. The van der Waals surface area contributed by atoms with Crippen LogP contribution in [0.1, 0.15) is 34.3 Å². The van der Waals surface area contributed by atoms with E-state index >= 15 is 0 Å². The largest absolute Gasteiger partial charge is 0.478 e. The van der Waals surface area contributed by atoms with E-state index in [9.17, 15) is 18.8 Å². The Hall–Kier alpha value is -3.22. The first kappa shape index (κ1) is 20.5. The fraction of sp³-hybridized carbons (Fsp3) is 0.318. The van der Waals surface area contributed by atoms with Gasteiger partial charge in [0.15, 0.2) is 0 Å². The Balaban J connectivity index is 1.46. The van der Waals surface area contributed by atoms with Crippen LogP contribution in [0.15, 0.2) is 48.5 Å². The normalized spacial score (nSPS) is 14.4. The summed E-state index contributed by atoms with van der Waals surface area (Å²) < 4.78 is 12.9. The van der Waals surface area contributed by atoms with Crippen molar-refractivity contribution in [2.24, 2.45) is 5.92 Å². The first-order valence-electron chi connectivity index (χ1n) is 9.54. The zero-order chi connectivity index (χ0) is 20.8. The van der Waals surface area contributed by atoms with Crippen molar-refractivity contribution in [2.75, 3.05) is 13.1 Å². The number of rotatable bonds is 6. The van der Waals surface area contributed by atoms with Crippen LogP contribution < -0.4 is 5.32 Å². The third-order valence-corrected chi connectivity index (χ3v) is 5.13. The smallest absolute Gasteiger partial charge is 0.335 e. The number of carboxylic acids is 1. The molecule has 1 aliphatic rings. The fourth-order valence-electron chi connectivity index (χ4n) is 3.43. The van der Waals surface area contributed by atoms with Gasteiger partial charge in [0.1, 0.15) is 5.82 Å². The minimum absolute atomic E-state index is 0.0596. The molecule has 2 N–H and O–H groups in total. The number of nitrogens with zero attached hydrogens (tertiary/aromatic N) is 1. The standard InChI is InChI=1S/C22H23FN2O4/c23-19-6-4-15(5-7-19)14-24-21(27)17-8-10-25(11-9-17)20(26)13-16-2-1-3-18(12-16)22(28)29/h1-7,12,17H,8-11,13-14H2,(H,24,27)(H,28,29). The van der Waals surface area contributed by atoms with Crippen LogP contribution in [0.4, 0.5) is 4.39 Å². The molecule has 1 fully saturated rings. The van der Waals surface area contributed by atoms with Crippen molar-refractivity contribution >= 4 is 17.8 Å². The molecule has 1 saturated heterocycles. The van der Waals surface area contributed by atoms with E-state index in [1.54, 1.807) is 29.2 Å². The predicted molar refractivity (Wildman–Crippen MR) is 105 cm³/mol. The van der Waals surface area contributed by atoms with Crippen LogP contribution in [0.5, 0.6) is 0 Å². The van der Waals surface area contributed by atoms with Gasteiger partial charge in [0, 0.05) is 25.6 Å². The number of aromatic carboxylic acids is 1. The lowest BCUT2D eigenvalue weighted by atomic mass is 9.95. The van der Waals surface area contributed by atoms with Crippen LogP contribution in [0.2, 0.25) is 0 Å². The number of hydrogen-bond donors (Lipinski definition) is 2. The number of piperidine rings is 1. The highest BCUT2D eigenvalue weighted by molar-refractivity contribution is 5.88. The summed E-state index contributed by atoms with van der Waals surface area (Å²) in [6, 6.07) is 12.4. The van der Waals surface area contributed by atoms with Crippen LogP contribution >= 0.6 is 0 Å². The summed E-state index contributed by atoms with van der Waals surface area (Å²) >= 11 is 0. The van der Waals surface area contributed by atoms with E-state index in [0.717, 1.165) is 5.56 Å². The van der Waals surface area contributed by atoms with Gasteiger partial charge in [-0.05, 0) is 48.2 Å². The Kier molecular flexibility index (Phi) is 6.59. The van der Waals surface area contributed by atoms with Gasteiger partial charge in [-0.25, -0.2) is 9.18 Å². The molecule has 3 rings (SSSR count). The first-order chi connectivity index (χ1) is 13.9. The zero-order valence-corrected chi connectivity index (χ0v) is 15.9. The lowest BCUT2D eigenvalue weighted by molar-refractivity contribution is -0.135.